The molecule has 1 aromatic carbocycles. The van der Waals surface area contributed by atoms with Crippen LogP contribution < -0.4 is 17.0 Å². The summed E-state index contributed by atoms with van der Waals surface area (Å²) in [5.41, 5.74) is 9.91. The molecule has 5 nitrogen and oxygen atoms in total. The molecule has 0 saturated heterocycles. The molecule has 1 aromatic heterocycles. The number of halogens is 1. The normalized spacial score (nSPS) is 12.6. The summed E-state index contributed by atoms with van der Waals surface area (Å²) in [7, 11) is 1.73. The van der Waals surface area contributed by atoms with Gasteiger partial charge in [-0.3, -0.25) is 10.5 Å². The number of nitrogens with one attached hydrogen (secondary N) is 1. The summed E-state index contributed by atoms with van der Waals surface area (Å²) in [6, 6.07) is 5.82. The van der Waals surface area contributed by atoms with Gasteiger partial charge in [-0.25, -0.2) is 9.82 Å². The van der Waals surface area contributed by atoms with Crippen LogP contribution in [0, 0.1) is 5.82 Å². The van der Waals surface area contributed by atoms with Crippen molar-refractivity contribution in [3.8, 4) is 0 Å². The standard InChI is InChI=1S/C11H14FN5/c1-17-11(13)9(6-15-17)10(16-14)7-3-2-4-8(12)5-7/h2-6,10,16H,13-14H2,1H3. The SMILES string of the molecule is Cn1ncc(C(NN)c2cccc(F)c2)c1N. The quantitative estimate of drug-likeness (QED) is 0.540. The van der Waals surface area contributed by atoms with Gasteiger partial charge in [0.25, 0.3) is 0 Å². The molecule has 2 rings (SSSR count). The van der Waals surface area contributed by atoms with Gasteiger partial charge >= 0.3 is 0 Å². The Kier molecular flexibility index (Phi) is 3.08. The van der Waals surface area contributed by atoms with Gasteiger partial charge in [0.1, 0.15) is 11.6 Å². The second kappa shape index (κ2) is 4.52. The molecule has 0 aliphatic carbocycles. The number of hydrogen-bond acceptors (Lipinski definition) is 4. The van der Waals surface area contributed by atoms with Crippen molar-refractivity contribution in [3.05, 3.63) is 47.4 Å². The van der Waals surface area contributed by atoms with Gasteiger partial charge in [0.2, 0.25) is 0 Å². The first-order chi connectivity index (χ1) is 8.13. The van der Waals surface area contributed by atoms with Crippen molar-refractivity contribution in [1.82, 2.24) is 15.2 Å². The van der Waals surface area contributed by atoms with Gasteiger partial charge in [-0.1, -0.05) is 12.1 Å². The highest BCUT2D eigenvalue weighted by molar-refractivity contribution is 5.45. The Bertz CT molecular complexity index is 522. The Morgan fingerprint density at radius 2 is 2.24 bits per heavy atom. The van der Waals surface area contributed by atoms with Gasteiger partial charge in [0.15, 0.2) is 0 Å². The molecule has 0 spiro atoms. The van der Waals surface area contributed by atoms with Gasteiger partial charge < -0.3 is 5.73 Å². The minimum atomic E-state index is -0.376. The van der Waals surface area contributed by atoms with Crippen molar-refractivity contribution in [2.45, 2.75) is 6.04 Å². The topological polar surface area (TPSA) is 81.9 Å². The molecule has 0 aliphatic rings. The lowest BCUT2D eigenvalue weighted by Crippen LogP contribution is -2.29. The highest BCUT2D eigenvalue weighted by atomic mass is 19.1. The maximum atomic E-state index is 13.2. The fraction of sp³-hybridized carbons (Fsp3) is 0.182. The molecule has 0 amide bonds. The summed E-state index contributed by atoms with van der Waals surface area (Å²) in [5, 5.41) is 4.04. The van der Waals surface area contributed by atoms with E-state index in [9.17, 15) is 4.39 Å². The van der Waals surface area contributed by atoms with Gasteiger partial charge in [0, 0.05) is 12.6 Å². The third-order valence-electron chi connectivity index (χ3n) is 2.67. The first-order valence-electron chi connectivity index (χ1n) is 5.12. The zero-order valence-corrected chi connectivity index (χ0v) is 9.39. The lowest BCUT2D eigenvalue weighted by Gasteiger charge is -2.15. The van der Waals surface area contributed by atoms with Crippen molar-refractivity contribution in [3.63, 3.8) is 0 Å². The number of nitrogens with zero attached hydrogens (tertiary/aromatic N) is 2. The Hall–Kier alpha value is -1.92. The number of hydrogen-bond donors (Lipinski definition) is 3. The number of nitrogens with two attached hydrogens (primary N) is 2. The van der Waals surface area contributed by atoms with Crippen LogP contribution in [0.1, 0.15) is 17.2 Å². The van der Waals surface area contributed by atoms with E-state index >= 15 is 0 Å². The number of rotatable bonds is 3. The molecule has 17 heavy (non-hydrogen) atoms. The van der Waals surface area contributed by atoms with Gasteiger partial charge in [-0.2, -0.15) is 5.10 Å². The molecule has 90 valence electrons. The lowest BCUT2D eigenvalue weighted by molar-refractivity contribution is 0.606. The number of aryl methyl sites for hydroxylation is 1. The van der Waals surface area contributed by atoms with E-state index in [1.54, 1.807) is 30.1 Å². The van der Waals surface area contributed by atoms with Crippen molar-refractivity contribution in [2.24, 2.45) is 12.9 Å². The second-order valence-electron chi connectivity index (χ2n) is 3.76. The molecule has 5 N–H and O–H groups in total. The lowest BCUT2D eigenvalue weighted by atomic mass is 10.0. The summed E-state index contributed by atoms with van der Waals surface area (Å²) < 4.78 is 14.7. The molecule has 1 unspecified atom stereocenters. The maximum absolute atomic E-state index is 13.2. The molecule has 1 heterocycles. The molecular formula is C11H14FN5. The van der Waals surface area contributed by atoms with Crippen LogP contribution in [0.15, 0.2) is 30.5 Å². The highest BCUT2D eigenvalue weighted by Crippen LogP contribution is 2.25. The van der Waals surface area contributed by atoms with E-state index in [0.717, 1.165) is 5.56 Å². The fourth-order valence-corrected chi connectivity index (χ4v) is 1.74. The average molecular weight is 235 g/mol. The minimum Gasteiger partial charge on any atom is -0.384 e. The number of aromatic nitrogens is 2. The minimum absolute atomic E-state index is 0.315. The number of nitrogen functional groups attached to an aromatic ring is 1. The average Bonchev–Trinajstić information content (AvgIpc) is 2.63. The van der Waals surface area contributed by atoms with E-state index in [4.69, 9.17) is 11.6 Å². The van der Waals surface area contributed by atoms with Gasteiger partial charge in [0.05, 0.1) is 12.2 Å². The predicted molar refractivity (Wildman–Crippen MR) is 63.2 cm³/mol. The van der Waals surface area contributed by atoms with E-state index < -0.39 is 0 Å². The Morgan fingerprint density at radius 3 is 2.76 bits per heavy atom. The third kappa shape index (κ3) is 2.13. The van der Waals surface area contributed by atoms with E-state index in [1.807, 2.05) is 0 Å². The molecule has 0 bridgehead atoms. The number of hydrazine groups is 1. The third-order valence-corrected chi connectivity index (χ3v) is 2.67. The number of anilines is 1. The number of benzene rings is 1. The van der Waals surface area contributed by atoms with Crippen molar-refractivity contribution in [2.75, 3.05) is 5.73 Å². The zero-order chi connectivity index (χ0) is 12.4. The first kappa shape index (κ1) is 11.6. The summed E-state index contributed by atoms with van der Waals surface area (Å²) in [6.07, 6.45) is 1.62. The van der Waals surface area contributed by atoms with E-state index in [1.165, 1.54) is 12.1 Å². The maximum Gasteiger partial charge on any atom is 0.126 e. The smallest absolute Gasteiger partial charge is 0.126 e. The van der Waals surface area contributed by atoms with Crippen LogP contribution in [0.3, 0.4) is 0 Å². The van der Waals surface area contributed by atoms with Crippen LogP contribution in [0.4, 0.5) is 10.2 Å². The molecular weight excluding hydrogens is 221 g/mol. The summed E-state index contributed by atoms with van der Waals surface area (Å²) in [5.74, 6) is 5.68. The van der Waals surface area contributed by atoms with Crippen LogP contribution in [0.2, 0.25) is 0 Å². The van der Waals surface area contributed by atoms with Crippen molar-refractivity contribution in [1.29, 1.82) is 0 Å². The zero-order valence-electron chi connectivity index (χ0n) is 9.39. The molecule has 0 radical (unpaired) electrons. The molecule has 0 aliphatic heterocycles. The summed E-state index contributed by atoms with van der Waals surface area (Å²) >= 11 is 0. The molecule has 2 aromatic rings. The van der Waals surface area contributed by atoms with Crippen molar-refractivity contribution >= 4 is 5.82 Å². The largest absolute Gasteiger partial charge is 0.384 e. The predicted octanol–water partition coefficient (Wildman–Crippen LogP) is 0.694. The molecule has 1 atom stereocenters. The van der Waals surface area contributed by atoms with Gasteiger partial charge in [-0.15, -0.1) is 0 Å². The fourth-order valence-electron chi connectivity index (χ4n) is 1.74. The van der Waals surface area contributed by atoms with E-state index in [2.05, 4.69) is 10.5 Å². The van der Waals surface area contributed by atoms with Crippen LogP contribution >= 0.6 is 0 Å². The Balaban J connectivity index is 2.44. The Morgan fingerprint density at radius 1 is 1.47 bits per heavy atom. The monoisotopic (exact) mass is 235 g/mol. The molecule has 0 saturated carbocycles. The second-order valence-corrected chi connectivity index (χ2v) is 3.76. The van der Waals surface area contributed by atoms with Crippen LogP contribution in [-0.4, -0.2) is 9.78 Å². The molecule has 6 heteroatoms. The van der Waals surface area contributed by atoms with E-state index in [-0.39, 0.29) is 11.9 Å². The summed E-state index contributed by atoms with van der Waals surface area (Å²) in [6.45, 7) is 0. The van der Waals surface area contributed by atoms with E-state index in [0.29, 0.717) is 11.4 Å². The highest BCUT2D eigenvalue weighted by Gasteiger charge is 2.18. The van der Waals surface area contributed by atoms with Crippen LogP contribution in [0.25, 0.3) is 0 Å². The Labute approximate surface area is 98.2 Å². The molecule has 0 fully saturated rings. The van der Waals surface area contributed by atoms with Gasteiger partial charge in [-0.05, 0) is 17.7 Å². The van der Waals surface area contributed by atoms with Crippen LogP contribution in [-0.2, 0) is 7.05 Å². The summed E-state index contributed by atoms with van der Waals surface area (Å²) in [4.78, 5) is 0. The first-order valence-corrected chi connectivity index (χ1v) is 5.12. The van der Waals surface area contributed by atoms with Crippen LogP contribution in [0.5, 0.6) is 0 Å². The van der Waals surface area contributed by atoms with Crippen molar-refractivity contribution < 1.29 is 4.39 Å².